The van der Waals surface area contributed by atoms with Gasteiger partial charge in [-0.1, -0.05) is 65.3 Å². The van der Waals surface area contributed by atoms with Crippen molar-refractivity contribution in [3.8, 4) is 0 Å². The first-order valence-electron chi connectivity index (χ1n) is 10.5. The third-order valence-electron chi connectivity index (χ3n) is 5.14. The first-order valence-corrected chi connectivity index (χ1v) is 10.5. The molecule has 1 aliphatic rings. The number of unbranched alkanes of at least 4 members (excludes halogenated alkanes) is 1. The highest BCUT2D eigenvalue weighted by molar-refractivity contribution is 6.61. The molecule has 1 heterocycles. The maximum absolute atomic E-state index is 12.8. The van der Waals surface area contributed by atoms with Crippen LogP contribution >= 0.6 is 0 Å². The SMILES string of the molecule is CCCCC(=O)N(Cc1ccc(B2OCC(C)(C)CO2)cc1)[C@H](C(=O)O)C(C)C. The topological polar surface area (TPSA) is 76.1 Å². The zero-order valence-electron chi connectivity index (χ0n) is 18.3. The van der Waals surface area contributed by atoms with Crippen LogP contribution in [0.5, 0.6) is 0 Å². The number of amides is 1. The van der Waals surface area contributed by atoms with Gasteiger partial charge in [-0.3, -0.25) is 4.79 Å². The number of carbonyl (C=O) groups excluding carboxylic acids is 1. The zero-order chi connectivity index (χ0) is 21.6. The molecule has 1 saturated heterocycles. The van der Waals surface area contributed by atoms with Gasteiger partial charge in [-0.25, -0.2) is 4.79 Å². The first kappa shape index (κ1) is 23.4. The van der Waals surface area contributed by atoms with Gasteiger partial charge in [-0.2, -0.15) is 0 Å². The first-order chi connectivity index (χ1) is 13.6. The molecule has 0 unspecified atom stereocenters. The monoisotopic (exact) mass is 403 g/mol. The van der Waals surface area contributed by atoms with E-state index >= 15 is 0 Å². The summed E-state index contributed by atoms with van der Waals surface area (Å²) in [5.74, 6) is -1.25. The van der Waals surface area contributed by atoms with Crippen molar-refractivity contribution in [2.24, 2.45) is 11.3 Å². The van der Waals surface area contributed by atoms with Crippen LogP contribution in [-0.2, 0) is 25.4 Å². The number of carbonyl (C=O) groups is 2. The predicted octanol–water partition coefficient (Wildman–Crippen LogP) is 3.08. The minimum Gasteiger partial charge on any atom is -0.480 e. The van der Waals surface area contributed by atoms with Crippen LogP contribution in [0, 0.1) is 11.3 Å². The lowest BCUT2D eigenvalue weighted by atomic mass is 9.75. The van der Waals surface area contributed by atoms with Crippen molar-refractivity contribution in [2.75, 3.05) is 13.2 Å². The number of carboxylic acid groups (broad SMARTS) is 1. The van der Waals surface area contributed by atoms with Crippen LogP contribution in [0.1, 0.15) is 59.4 Å². The standard InChI is InChI=1S/C22H34BNO5/c1-6-7-8-19(25)24(20(16(2)3)21(26)27)13-17-9-11-18(12-10-17)23-28-14-22(4,5)15-29-23/h9-12,16,20H,6-8,13-15H2,1-5H3,(H,26,27)/t20-/m0/s1. The highest BCUT2D eigenvalue weighted by Gasteiger charge is 2.34. The number of hydrogen-bond donors (Lipinski definition) is 1. The molecule has 29 heavy (non-hydrogen) atoms. The van der Waals surface area contributed by atoms with Gasteiger partial charge in [0.05, 0.1) is 0 Å². The van der Waals surface area contributed by atoms with Crippen LogP contribution in [0.4, 0.5) is 0 Å². The molecule has 1 aromatic carbocycles. The Morgan fingerprint density at radius 3 is 2.24 bits per heavy atom. The molecule has 1 N–H and O–H groups in total. The molecule has 0 aliphatic carbocycles. The van der Waals surface area contributed by atoms with Crippen molar-refractivity contribution >= 4 is 24.5 Å². The minimum atomic E-state index is -0.965. The summed E-state index contributed by atoms with van der Waals surface area (Å²) in [5, 5.41) is 9.70. The van der Waals surface area contributed by atoms with Crippen LogP contribution in [0.3, 0.4) is 0 Å². The van der Waals surface area contributed by atoms with E-state index in [9.17, 15) is 14.7 Å². The summed E-state index contributed by atoms with van der Waals surface area (Å²) in [6.07, 6.45) is 2.02. The van der Waals surface area contributed by atoms with E-state index in [2.05, 4.69) is 13.8 Å². The molecule has 0 spiro atoms. The number of aliphatic carboxylic acids is 1. The Kier molecular flexibility index (Phi) is 8.29. The number of benzene rings is 1. The average molecular weight is 403 g/mol. The Labute approximate surface area is 174 Å². The number of carboxylic acids is 1. The Morgan fingerprint density at radius 1 is 1.17 bits per heavy atom. The highest BCUT2D eigenvalue weighted by atomic mass is 16.6. The quantitative estimate of drug-likeness (QED) is 0.642. The molecule has 160 valence electrons. The Balaban J connectivity index is 2.13. The fourth-order valence-corrected chi connectivity index (χ4v) is 3.45. The van der Waals surface area contributed by atoms with Crippen molar-refractivity contribution in [3.63, 3.8) is 0 Å². The molecule has 0 aromatic heterocycles. The molecule has 1 fully saturated rings. The van der Waals surface area contributed by atoms with Gasteiger partial charge in [-0.15, -0.1) is 0 Å². The third kappa shape index (κ3) is 6.58. The lowest BCUT2D eigenvalue weighted by Crippen LogP contribution is -2.48. The molecule has 0 saturated carbocycles. The van der Waals surface area contributed by atoms with Crippen molar-refractivity contribution < 1.29 is 24.0 Å². The van der Waals surface area contributed by atoms with Crippen molar-refractivity contribution in [3.05, 3.63) is 29.8 Å². The Hall–Kier alpha value is -1.86. The van der Waals surface area contributed by atoms with Gasteiger partial charge in [0.25, 0.3) is 0 Å². The van der Waals surface area contributed by atoms with Gasteiger partial charge >= 0.3 is 13.1 Å². The number of nitrogens with zero attached hydrogens (tertiary/aromatic N) is 1. The predicted molar refractivity (Wildman–Crippen MR) is 114 cm³/mol. The van der Waals surface area contributed by atoms with E-state index in [0.717, 1.165) is 23.9 Å². The van der Waals surface area contributed by atoms with Crippen LogP contribution in [0.25, 0.3) is 0 Å². The summed E-state index contributed by atoms with van der Waals surface area (Å²) < 4.78 is 11.6. The fourth-order valence-electron chi connectivity index (χ4n) is 3.45. The lowest BCUT2D eigenvalue weighted by Gasteiger charge is -2.33. The maximum Gasteiger partial charge on any atom is 0.493 e. The summed E-state index contributed by atoms with van der Waals surface area (Å²) >= 11 is 0. The second-order valence-electron chi connectivity index (χ2n) is 9.01. The van der Waals surface area contributed by atoms with Gasteiger partial charge in [0.2, 0.25) is 5.91 Å². The molecule has 0 radical (unpaired) electrons. The van der Waals surface area contributed by atoms with Gasteiger partial charge in [0, 0.05) is 31.6 Å². The normalized spacial score (nSPS) is 17.2. The molecular weight excluding hydrogens is 369 g/mol. The Morgan fingerprint density at radius 2 is 1.76 bits per heavy atom. The Bertz CT molecular complexity index is 679. The molecule has 1 aliphatic heterocycles. The van der Waals surface area contributed by atoms with E-state index in [1.165, 1.54) is 4.90 Å². The second kappa shape index (κ2) is 10.3. The summed E-state index contributed by atoms with van der Waals surface area (Å²) in [5.41, 5.74) is 1.83. The average Bonchev–Trinajstić information content (AvgIpc) is 2.65. The largest absolute Gasteiger partial charge is 0.493 e. The molecule has 1 atom stereocenters. The molecule has 2 rings (SSSR count). The van der Waals surface area contributed by atoms with E-state index in [1.54, 1.807) is 0 Å². The highest BCUT2D eigenvalue weighted by Crippen LogP contribution is 2.22. The van der Waals surface area contributed by atoms with Crippen molar-refractivity contribution in [1.82, 2.24) is 4.90 Å². The van der Waals surface area contributed by atoms with Crippen molar-refractivity contribution in [1.29, 1.82) is 0 Å². The van der Waals surface area contributed by atoms with Crippen molar-refractivity contribution in [2.45, 2.75) is 66.5 Å². The summed E-state index contributed by atoms with van der Waals surface area (Å²) in [7, 11) is -0.387. The minimum absolute atomic E-state index is 0.0124. The molecule has 0 bridgehead atoms. The van der Waals surface area contributed by atoms with E-state index in [1.807, 2.05) is 45.0 Å². The van der Waals surface area contributed by atoms with Gasteiger partial charge < -0.3 is 19.3 Å². The van der Waals surface area contributed by atoms with Gasteiger partial charge in [0.15, 0.2) is 0 Å². The second-order valence-corrected chi connectivity index (χ2v) is 9.01. The van der Waals surface area contributed by atoms with Crippen LogP contribution in [0.15, 0.2) is 24.3 Å². The van der Waals surface area contributed by atoms with E-state index < -0.39 is 12.0 Å². The maximum atomic E-state index is 12.8. The molecule has 6 nitrogen and oxygen atoms in total. The number of rotatable bonds is 9. The van der Waals surface area contributed by atoms with E-state index in [-0.39, 0.29) is 30.9 Å². The summed E-state index contributed by atoms with van der Waals surface area (Å²) in [6.45, 7) is 11.4. The van der Waals surface area contributed by atoms with E-state index in [0.29, 0.717) is 19.6 Å². The molecule has 1 amide bonds. The van der Waals surface area contributed by atoms with Crippen LogP contribution in [-0.4, -0.2) is 48.3 Å². The van der Waals surface area contributed by atoms with Crippen LogP contribution < -0.4 is 5.46 Å². The summed E-state index contributed by atoms with van der Waals surface area (Å²) in [6, 6.07) is 6.85. The molecular formula is C22H34BNO5. The van der Waals surface area contributed by atoms with E-state index in [4.69, 9.17) is 9.31 Å². The summed E-state index contributed by atoms with van der Waals surface area (Å²) in [4.78, 5) is 26.1. The van der Waals surface area contributed by atoms with Gasteiger partial charge in [0.1, 0.15) is 6.04 Å². The molecule has 7 heteroatoms. The molecule has 1 aromatic rings. The lowest BCUT2D eigenvalue weighted by molar-refractivity contribution is -0.153. The third-order valence-corrected chi connectivity index (χ3v) is 5.14. The number of hydrogen-bond acceptors (Lipinski definition) is 4. The van der Waals surface area contributed by atoms with Gasteiger partial charge in [-0.05, 0) is 23.4 Å². The smallest absolute Gasteiger partial charge is 0.480 e. The zero-order valence-corrected chi connectivity index (χ0v) is 18.3. The fraction of sp³-hybridized carbons (Fsp3) is 0.636. The van der Waals surface area contributed by atoms with Crippen LogP contribution in [0.2, 0.25) is 0 Å².